The highest BCUT2D eigenvalue weighted by Gasteiger charge is 2.09. The number of ether oxygens (including phenoxy) is 1. The van der Waals surface area contributed by atoms with Crippen LogP contribution in [0, 0.1) is 10.1 Å². The van der Waals surface area contributed by atoms with Gasteiger partial charge in [0.1, 0.15) is 11.5 Å². The van der Waals surface area contributed by atoms with Crippen molar-refractivity contribution in [3.05, 3.63) is 87.4 Å². The summed E-state index contributed by atoms with van der Waals surface area (Å²) in [7, 11) is 0. The topological polar surface area (TPSA) is 89.7 Å². The summed E-state index contributed by atoms with van der Waals surface area (Å²) in [6.45, 7) is 0. The molecule has 7 nitrogen and oxygen atoms in total. The van der Waals surface area contributed by atoms with Crippen LogP contribution < -0.4 is 10.2 Å². The summed E-state index contributed by atoms with van der Waals surface area (Å²) >= 11 is 7.39. The van der Waals surface area contributed by atoms with Crippen LogP contribution in [0.2, 0.25) is 5.02 Å². The van der Waals surface area contributed by atoms with E-state index in [0.29, 0.717) is 27.2 Å². The van der Waals surface area contributed by atoms with Crippen molar-refractivity contribution in [3.63, 3.8) is 0 Å². The number of nitrogens with one attached hydrogen (secondary N) is 1. The van der Waals surface area contributed by atoms with Crippen LogP contribution >= 0.6 is 22.9 Å². The molecule has 4 aromatic rings. The van der Waals surface area contributed by atoms with E-state index in [1.165, 1.54) is 23.5 Å². The molecule has 0 bridgehead atoms. The molecule has 144 valence electrons. The summed E-state index contributed by atoms with van der Waals surface area (Å²) in [5.74, 6) is 1.25. The van der Waals surface area contributed by atoms with Crippen molar-refractivity contribution in [2.75, 3.05) is 5.43 Å². The van der Waals surface area contributed by atoms with Crippen molar-refractivity contribution < 1.29 is 9.66 Å². The third-order valence-electron chi connectivity index (χ3n) is 3.90. The van der Waals surface area contributed by atoms with Crippen LogP contribution in [0.15, 0.2) is 71.8 Å². The van der Waals surface area contributed by atoms with Crippen molar-refractivity contribution in [1.82, 2.24) is 4.98 Å². The number of fused-ring (bicyclic) bond motifs is 1. The van der Waals surface area contributed by atoms with Crippen LogP contribution in [0.3, 0.4) is 0 Å². The first-order valence-electron chi connectivity index (χ1n) is 8.45. The molecular formula is C20H13ClN4O3S. The van der Waals surface area contributed by atoms with Gasteiger partial charge in [-0.3, -0.25) is 15.5 Å². The lowest BCUT2D eigenvalue weighted by molar-refractivity contribution is -0.384. The van der Waals surface area contributed by atoms with E-state index < -0.39 is 4.92 Å². The lowest BCUT2D eigenvalue weighted by Gasteiger charge is -2.07. The fourth-order valence-electron chi connectivity index (χ4n) is 2.51. The minimum absolute atomic E-state index is 0.0373. The predicted octanol–water partition coefficient (Wildman–Crippen LogP) is 6.10. The number of non-ortho nitro benzene ring substituents is 1. The maximum atomic E-state index is 10.9. The molecule has 1 aromatic heterocycles. The van der Waals surface area contributed by atoms with E-state index in [9.17, 15) is 10.1 Å². The molecule has 0 radical (unpaired) electrons. The van der Waals surface area contributed by atoms with Crippen LogP contribution in [-0.2, 0) is 0 Å². The average molecular weight is 425 g/mol. The second kappa shape index (κ2) is 8.26. The highest BCUT2D eigenvalue weighted by Crippen LogP contribution is 2.30. The Balaban J connectivity index is 1.41. The van der Waals surface area contributed by atoms with E-state index >= 15 is 0 Å². The van der Waals surface area contributed by atoms with E-state index in [4.69, 9.17) is 16.3 Å². The maximum absolute atomic E-state index is 10.9. The van der Waals surface area contributed by atoms with Gasteiger partial charge in [-0.15, -0.1) is 0 Å². The zero-order valence-electron chi connectivity index (χ0n) is 14.8. The number of para-hydroxylation sites is 1. The zero-order valence-corrected chi connectivity index (χ0v) is 16.4. The van der Waals surface area contributed by atoms with Gasteiger partial charge in [-0.05, 0) is 48.0 Å². The zero-order chi connectivity index (χ0) is 20.2. The minimum Gasteiger partial charge on any atom is -0.456 e. The van der Waals surface area contributed by atoms with Gasteiger partial charge in [0, 0.05) is 12.1 Å². The third-order valence-corrected chi connectivity index (χ3v) is 5.14. The van der Waals surface area contributed by atoms with Gasteiger partial charge in [-0.25, -0.2) is 4.98 Å². The van der Waals surface area contributed by atoms with Crippen molar-refractivity contribution in [2.24, 2.45) is 5.10 Å². The van der Waals surface area contributed by atoms with Gasteiger partial charge in [0.05, 0.1) is 26.4 Å². The minimum atomic E-state index is -0.427. The predicted molar refractivity (Wildman–Crippen MR) is 115 cm³/mol. The van der Waals surface area contributed by atoms with Gasteiger partial charge in [0.15, 0.2) is 0 Å². The molecule has 0 unspecified atom stereocenters. The Morgan fingerprint density at radius 2 is 1.93 bits per heavy atom. The standard InChI is InChI=1S/C20H13ClN4O3S/c21-16-3-1-2-4-18(16)28-15-8-5-13(6-9-15)12-22-24-20-23-17-10-7-14(25(26)27)11-19(17)29-20/h1-12H,(H,23,24)/b22-12-. The summed E-state index contributed by atoms with van der Waals surface area (Å²) in [4.78, 5) is 14.8. The van der Waals surface area contributed by atoms with Crippen molar-refractivity contribution >= 4 is 50.2 Å². The molecule has 1 N–H and O–H groups in total. The Kier molecular flexibility index (Phi) is 5.37. The Bertz CT molecular complexity index is 1210. The van der Waals surface area contributed by atoms with Crippen LogP contribution in [0.25, 0.3) is 10.2 Å². The smallest absolute Gasteiger partial charge is 0.270 e. The molecule has 4 rings (SSSR count). The molecule has 9 heteroatoms. The summed E-state index contributed by atoms with van der Waals surface area (Å²) in [5, 5.41) is 16.1. The first-order valence-corrected chi connectivity index (χ1v) is 9.64. The average Bonchev–Trinajstić information content (AvgIpc) is 3.13. The number of hydrogen-bond acceptors (Lipinski definition) is 7. The fraction of sp³-hybridized carbons (Fsp3) is 0. The highest BCUT2D eigenvalue weighted by atomic mass is 35.5. The third kappa shape index (κ3) is 4.50. The highest BCUT2D eigenvalue weighted by molar-refractivity contribution is 7.22. The number of rotatable bonds is 6. The number of halogens is 1. The van der Waals surface area contributed by atoms with Crippen molar-refractivity contribution in [3.8, 4) is 11.5 Å². The molecule has 0 amide bonds. The van der Waals surface area contributed by atoms with Gasteiger partial charge in [-0.1, -0.05) is 35.1 Å². The number of thiazole rings is 1. The Hall–Kier alpha value is -3.49. The normalized spacial score (nSPS) is 11.1. The second-order valence-electron chi connectivity index (χ2n) is 5.90. The van der Waals surface area contributed by atoms with Crippen molar-refractivity contribution in [1.29, 1.82) is 0 Å². The number of hydrazone groups is 1. The summed E-state index contributed by atoms with van der Waals surface area (Å²) in [6, 6.07) is 19.2. The van der Waals surface area contributed by atoms with Crippen LogP contribution in [0.1, 0.15) is 5.56 Å². The quantitative estimate of drug-likeness (QED) is 0.229. The molecule has 0 spiro atoms. The van der Waals surface area contributed by atoms with Gasteiger partial charge in [0.2, 0.25) is 5.13 Å². The largest absolute Gasteiger partial charge is 0.456 e. The lowest BCUT2D eigenvalue weighted by Crippen LogP contribution is -1.90. The van der Waals surface area contributed by atoms with Crippen LogP contribution in [-0.4, -0.2) is 16.1 Å². The van der Waals surface area contributed by atoms with E-state index in [2.05, 4.69) is 15.5 Å². The summed E-state index contributed by atoms with van der Waals surface area (Å²) in [6.07, 6.45) is 1.65. The molecule has 0 fully saturated rings. The molecular weight excluding hydrogens is 412 g/mol. The van der Waals surface area contributed by atoms with Gasteiger partial charge < -0.3 is 4.74 Å². The Labute approximate surface area is 174 Å². The summed E-state index contributed by atoms with van der Waals surface area (Å²) < 4.78 is 6.47. The fourth-order valence-corrected chi connectivity index (χ4v) is 3.54. The van der Waals surface area contributed by atoms with Gasteiger partial charge in [0.25, 0.3) is 5.69 Å². The van der Waals surface area contributed by atoms with E-state index in [1.807, 2.05) is 36.4 Å². The molecule has 1 heterocycles. The Morgan fingerprint density at radius 1 is 1.14 bits per heavy atom. The molecule has 29 heavy (non-hydrogen) atoms. The number of nitrogens with zero attached hydrogens (tertiary/aromatic N) is 3. The van der Waals surface area contributed by atoms with E-state index in [-0.39, 0.29) is 5.69 Å². The Morgan fingerprint density at radius 3 is 2.69 bits per heavy atom. The van der Waals surface area contributed by atoms with Crippen LogP contribution in [0.4, 0.5) is 10.8 Å². The number of hydrogen-bond donors (Lipinski definition) is 1. The van der Waals surface area contributed by atoms with Crippen LogP contribution in [0.5, 0.6) is 11.5 Å². The molecule has 3 aromatic carbocycles. The SMILES string of the molecule is O=[N+]([O-])c1ccc2nc(N/N=C\c3ccc(Oc4ccccc4Cl)cc3)sc2c1. The molecule has 0 aliphatic rings. The number of aromatic nitrogens is 1. The van der Waals surface area contributed by atoms with E-state index in [1.54, 1.807) is 24.4 Å². The first kappa shape index (κ1) is 18.9. The molecule has 0 saturated heterocycles. The second-order valence-corrected chi connectivity index (χ2v) is 7.34. The summed E-state index contributed by atoms with van der Waals surface area (Å²) in [5.41, 5.74) is 4.43. The van der Waals surface area contributed by atoms with Crippen molar-refractivity contribution in [2.45, 2.75) is 0 Å². The number of anilines is 1. The first-order chi connectivity index (χ1) is 14.1. The molecule has 0 atom stereocenters. The molecule has 0 saturated carbocycles. The maximum Gasteiger partial charge on any atom is 0.270 e. The van der Waals surface area contributed by atoms with E-state index in [0.717, 1.165) is 10.3 Å². The number of nitro groups is 1. The number of benzene rings is 3. The number of nitro benzene ring substituents is 1. The molecule has 0 aliphatic heterocycles. The monoisotopic (exact) mass is 424 g/mol. The lowest BCUT2D eigenvalue weighted by atomic mass is 10.2. The molecule has 0 aliphatic carbocycles. The van der Waals surface area contributed by atoms with Gasteiger partial charge in [-0.2, -0.15) is 5.10 Å². The van der Waals surface area contributed by atoms with Gasteiger partial charge >= 0.3 is 0 Å².